The molecule has 0 aliphatic heterocycles. The van der Waals surface area contributed by atoms with Crippen LogP contribution in [-0.2, 0) is 4.79 Å². The fourth-order valence-electron chi connectivity index (χ4n) is 2.70. The fourth-order valence-corrected chi connectivity index (χ4v) is 3.42. The van der Waals surface area contributed by atoms with Crippen LogP contribution in [0, 0.1) is 10.1 Å². The molecule has 0 fully saturated rings. The van der Waals surface area contributed by atoms with Crippen molar-refractivity contribution < 1.29 is 14.5 Å². The molecule has 162 valence electrons. The number of carbonyl (C=O) groups excluding carboxylic acids is 2. The summed E-state index contributed by atoms with van der Waals surface area (Å²) in [7, 11) is 0. The topological polar surface area (TPSA) is 101 Å². The summed E-state index contributed by atoms with van der Waals surface area (Å²) < 4.78 is 0. The van der Waals surface area contributed by atoms with E-state index in [4.69, 9.17) is 34.8 Å². The molecule has 0 saturated heterocycles. The number of nitrogens with one attached hydrogen (secondary N) is 2. The molecule has 0 saturated carbocycles. The number of nitrogens with zero attached hydrogens (tertiary/aromatic N) is 1. The number of nitro benzene ring substituents is 1. The van der Waals surface area contributed by atoms with E-state index in [1.165, 1.54) is 54.6 Å². The summed E-state index contributed by atoms with van der Waals surface area (Å²) in [6.45, 7) is 0. The van der Waals surface area contributed by atoms with E-state index in [1.807, 2.05) is 0 Å². The molecule has 2 N–H and O–H groups in total. The van der Waals surface area contributed by atoms with E-state index in [2.05, 4.69) is 10.6 Å². The predicted octanol–water partition coefficient (Wildman–Crippen LogP) is 5.96. The van der Waals surface area contributed by atoms with E-state index in [1.54, 1.807) is 18.2 Å². The molecular formula is C22H14Cl3N3O4. The zero-order valence-corrected chi connectivity index (χ0v) is 18.4. The van der Waals surface area contributed by atoms with Crippen LogP contribution in [0.4, 0.5) is 11.4 Å². The molecule has 0 unspecified atom stereocenters. The van der Waals surface area contributed by atoms with Crippen LogP contribution in [0.15, 0.2) is 72.4 Å². The Morgan fingerprint density at radius 2 is 1.56 bits per heavy atom. The molecule has 0 heterocycles. The monoisotopic (exact) mass is 489 g/mol. The molecule has 2 amide bonds. The molecule has 0 aliphatic rings. The predicted molar refractivity (Wildman–Crippen MR) is 125 cm³/mol. The number of hydrogen-bond acceptors (Lipinski definition) is 4. The van der Waals surface area contributed by atoms with Gasteiger partial charge in [-0.05, 0) is 48.0 Å². The highest BCUT2D eigenvalue weighted by Crippen LogP contribution is 2.23. The minimum absolute atomic E-state index is 0.161. The van der Waals surface area contributed by atoms with Crippen molar-refractivity contribution in [3.63, 3.8) is 0 Å². The van der Waals surface area contributed by atoms with Crippen molar-refractivity contribution in [1.29, 1.82) is 0 Å². The molecule has 3 aromatic rings. The number of rotatable bonds is 6. The first-order valence-electron chi connectivity index (χ1n) is 9.02. The van der Waals surface area contributed by atoms with Crippen molar-refractivity contribution in [2.45, 2.75) is 0 Å². The Morgan fingerprint density at radius 1 is 0.875 bits per heavy atom. The van der Waals surface area contributed by atoms with Crippen molar-refractivity contribution in [2.24, 2.45) is 0 Å². The molecule has 0 radical (unpaired) electrons. The van der Waals surface area contributed by atoms with E-state index in [9.17, 15) is 19.7 Å². The SMILES string of the molecule is O=C(Nc1cc(Cl)cc(Cl)c1)C(=Cc1cccc([N+](=O)[O-])c1)NC(=O)c1cccc(Cl)c1. The molecule has 32 heavy (non-hydrogen) atoms. The van der Waals surface area contributed by atoms with Gasteiger partial charge < -0.3 is 10.6 Å². The molecule has 7 nitrogen and oxygen atoms in total. The van der Waals surface area contributed by atoms with Gasteiger partial charge in [-0.25, -0.2) is 0 Å². The van der Waals surface area contributed by atoms with Crippen molar-refractivity contribution in [3.05, 3.63) is 109 Å². The maximum Gasteiger partial charge on any atom is 0.272 e. The van der Waals surface area contributed by atoms with E-state index in [-0.39, 0.29) is 16.9 Å². The van der Waals surface area contributed by atoms with Crippen LogP contribution in [0.3, 0.4) is 0 Å². The van der Waals surface area contributed by atoms with Crippen LogP contribution in [0.25, 0.3) is 6.08 Å². The van der Waals surface area contributed by atoms with Gasteiger partial charge in [-0.15, -0.1) is 0 Å². The summed E-state index contributed by atoms with van der Waals surface area (Å²) in [5.41, 5.74) is 0.531. The highest BCUT2D eigenvalue weighted by Gasteiger charge is 2.16. The minimum atomic E-state index is -0.690. The Hall–Kier alpha value is -3.39. The summed E-state index contributed by atoms with van der Waals surface area (Å²) in [6, 6.07) is 16.2. The lowest BCUT2D eigenvalue weighted by molar-refractivity contribution is -0.384. The van der Waals surface area contributed by atoms with Gasteiger partial charge in [0, 0.05) is 38.5 Å². The molecule has 0 spiro atoms. The first kappa shape index (κ1) is 23.3. The Morgan fingerprint density at radius 3 is 2.22 bits per heavy atom. The van der Waals surface area contributed by atoms with Crippen molar-refractivity contribution >= 4 is 64.1 Å². The van der Waals surface area contributed by atoms with Gasteiger partial charge in [-0.2, -0.15) is 0 Å². The largest absolute Gasteiger partial charge is 0.321 e. The van der Waals surface area contributed by atoms with Gasteiger partial charge in [0.1, 0.15) is 5.70 Å². The maximum atomic E-state index is 13.0. The molecular weight excluding hydrogens is 477 g/mol. The Bertz CT molecular complexity index is 1220. The molecule has 0 aromatic heterocycles. The number of hydrogen-bond donors (Lipinski definition) is 2. The average Bonchev–Trinajstić information content (AvgIpc) is 2.72. The summed E-state index contributed by atoms with van der Waals surface area (Å²) in [4.78, 5) is 36.2. The van der Waals surface area contributed by atoms with Crippen LogP contribution >= 0.6 is 34.8 Å². The summed E-state index contributed by atoms with van der Waals surface area (Å²) >= 11 is 17.9. The van der Waals surface area contributed by atoms with E-state index >= 15 is 0 Å². The van der Waals surface area contributed by atoms with Gasteiger partial charge >= 0.3 is 0 Å². The third-order valence-corrected chi connectivity index (χ3v) is 4.76. The van der Waals surface area contributed by atoms with Crippen LogP contribution in [-0.4, -0.2) is 16.7 Å². The number of amides is 2. The zero-order valence-electron chi connectivity index (χ0n) is 16.1. The Kier molecular flexibility index (Phi) is 7.48. The first-order valence-corrected chi connectivity index (χ1v) is 10.1. The second kappa shape index (κ2) is 10.3. The van der Waals surface area contributed by atoms with Crippen molar-refractivity contribution in [2.75, 3.05) is 5.32 Å². The lowest BCUT2D eigenvalue weighted by Gasteiger charge is -2.12. The van der Waals surface area contributed by atoms with Crippen LogP contribution in [0.1, 0.15) is 15.9 Å². The normalized spacial score (nSPS) is 11.0. The summed E-state index contributed by atoms with van der Waals surface area (Å²) in [5, 5.41) is 17.2. The third-order valence-electron chi connectivity index (χ3n) is 4.09. The van der Waals surface area contributed by atoms with Crippen molar-refractivity contribution in [1.82, 2.24) is 5.32 Å². The van der Waals surface area contributed by atoms with Gasteiger partial charge in [-0.3, -0.25) is 19.7 Å². The van der Waals surface area contributed by atoms with Gasteiger partial charge in [0.25, 0.3) is 17.5 Å². The van der Waals surface area contributed by atoms with Crippen LogP contribution < -0.4 is 10.6 Å². The summed E-state index contributed by atoms with van der Waals surface area (Å²) in [5.74, 6) is -1.28. The van der Waals surface area contributed by atoms with Gasteiger partial charge in [0.15, 0.2) is 0 Å². The lowest BCUT2D eigenvalue weighted by Crippen LogP contribution is -2.30. The number of benzene rings is 3. The second-order valence-electron chi connectivity index (χ2n) is 6.49. The molecule has 0 bridgehead atoms. The number of halogens is 3. The molecule has 0 aliphatic carbocycles. The van der Waals surface area contributed by atoms with Crippen LogP contribution in [0.5, 0.6) is 0 Å². The smallest absolute Gasteiger partial charge is 0.272 e. The highest BCUT2D eigenvalue weighted by molar-refractivity contribution is 6.35. The average molecular weight is 491 g/mol. The zero-order chi connectivity index (χ0) is 23.3. The number of non-ortho nitro benzene ring substituents is 1. The van der Waals surface area contributed by atoms with Gasteiger partial charge in [0.2, 0.25) is 0 Å². The fraction of sp³-hybridized carbons (Fsp3) is 0. The van der Waals surface area contributed by atoms with Crippen molar-refractivity contribution in [3.8, 4) is 0 Å². The van der Waals surface area contributed by atoms with E-state index in [0.29, 0.717) is 26.3 Å². The molecule has 3 rings (SSSR count). The minimum Gasteiger partial charge on any atom is -0.321 e. The Labute approximate surface area is 197 Å². The Balaban J connectivity index is 1.96. The number of carbonyl (C=O) groups is 2. The summed E-state index contributed by atoms with van der Waals surface area (Å²) in [6.07, 6.45) is 1.32. The standard InChI is InChI=1S/C22H14Cl3N3O4/c23-15-5-2-4-14(9-15)21(29)27-20(8-13-3-1-6-19(7-13)28(31)32)22(30)26-18-11-16(24)10-17(25)12-18/h1-12H,(H,26,30)(H,27,29). The highest BCUT2D eigenvalue weighted by atomic mass is 35.5. The van der Waals surface area contributed by atoms with E-state index in [0.717, 1.165) is 0 Å². The van der Waals surface area contributed by atoms with Gasteiger partial charge in [0.05, 0.1) is 4.92 Å². The molecule has 0 atom stereocenters. The second-order valence-corrected chi connectivity index (χ2v) is 7.80. The molecule has 3 aromatic carbocycles. The number of nitro groups is 1. The quantitative estimate of drug-likeness (QED) is 0.253. The van der Waals surface area contributed by atoms with Crippen LogP contribution in [0.2, 0.25) is 15.1 Å². The maximum absolute atomic E-state index is 13.0. The van der Waals surface area contributed by atoms with Gasteiger partial charge in [-0.1, -0.05) is 53.0 Å². The van der Waals surface area contributed by atoms with E-state index < -0.39 is 16.7 Å². The first-order chi connectivity index (χ1) is 15.2. The molecule has 10 heteroatoms. The number of anilines is 1. The third kappa shape index (κ3) is 6.31. The lowest BCUT2D eigenvalue weighted by atomic mass is 10.1.